The first-order chi connectivity index (χ1) is 15.2. The van der Waals surface area contributed by atoms with E-state index in [0.29, 0.717) is 0 Å². The van der Waals surface area contributed by atoms with E-state index in [1.807, 2.05) is 13.8 Å². The van der Waals surface area contributed by atoms with Crippen molar-refractivity contribution in [1.29, 1.82) is 0 Å². The summed E-state index contributed by atoms with van der Waals surface area (Å²) in [5, 5.41) is -1.95. The third kappa shape index (κ3) is 23.7. The number of esters is 2. The Balaban J connectivity index is -0.000000619. The normalized spacial score (nSPS) is 14.0. The van der Waals surface area contributed by atoms with Crippen molar-refractivity contribution in [1.82, 2.24) is 0 Å². The minimum absolute atomic E-state index is 0. The summed E-state index contributed by atoms with van der Waals surface area (Å²) >= 11 is 0. The summed E-state index contributed by atoms with van der Waals surface area (Å²) in [4.78, 5) is 45.8. The van der Waals surface area contributed by atoms with Crippen molar-refractivity contribution in [3.63, 3.8) is 0 Å². The fraction of sp³-hybridized carbons (Fsp3) is 0.900. The fourth-order valence-electron chi connectivity index (χ4n) is 2.82. The Bertz CT molecular complexity index is 695. The van der Waals surface area contributed by atoms with Gasteiger partial charge in [0.2, 0.25) is 0 Å². The van der Waals surface area contributed by atoms with Gasteiger partial charge in [-0.25, -0.2) is 4.57 Å². The van der Waals surface area contributed by atoms with E-state index in [1.54, 1.807) is 0 Å². The first kappa shape index (κ1) is 38.5. The van der Waals surface area contributed by atoms with Gasteiger partial charge in [-0.05, 0) is 24.7 Å². The summed E-state index contributed by atoms with van der Waals surface area (Å²) in [6.07, 6.45) is 6.74. The number of carbonyl (C=O) groups excluding carboxylic acids is 2. The van der Waals surface area contributed by atoms with E-state index < -0.39 is 41.6 Å². The summed E-state index contributed by atoms with van der Waals surface area (Å²) < 4.78 is 51.6. The maximum absolute atomic E-state index is 12.2. The van der Waals surface area contributed by atoms with Crippen LogP contribution < -0.4 is 29.6 Å². The molecule has 0 saturated carbocycles. The van der Waals surface area contributed by atoms with Crippen LogP contribution in [0.3, 0.4) is 0 Å². The fourth-order valence-corrected chi connectivity index (χ4v) is 3.48. The van der Waals surface area contributed by atoms with Crippen LogP contribution in [0.4, 0.5) is 0 Å². The van der Waals surface area contributed by atoms with Crippen molar-refractivity contribution in [2.75, 3.05) is 13.2 Å². The van der Waals surface area contributed by atoms with Gasteiger partial charge in [-0.15, -0.1) is 0 Å². The van der Waals surface area contributed by atoms with Gasteiger partial charge in [0.05, 0.1) is 19.6 Å². The molecule has 0 saturated heterocycles. The molecular weight excluding hydrogens is 502 g/mol. The van der Waals surface area contributed by atoms with E-state index in [-0.39, 0.29) is 56.0 Å². The Kier molecular flexibility index (Phi) is 23.9. The average molecular weight is 545 g/mol. The number of ether oxygens (including phenoxy) is 2. The summed E-state index contributed by atoms with van der Waals surface area (Å²) in [6.45, 7) is 8.35. The molecular formula is C20H42NaO11PS. The van der Waals surface area contributed by atoms with Gasteiger partial charge in [-0.2, -0.15) is 8.42 Å². The topological polar surface area (TPSA) is 185 Å². The predicted molar refractivity (Wildman–Crippen MR) is 124 cm³/mol. The third-order valence-electron chi connectivity index (χ3n) is 5.00. The minimum atomic E-state index is -4.76. The summed E-state index contributed by atoms with van der Waals surface area (Å²) in [6, 6.07) is 0. The summed E-state index contributed by atoms with van der Waals surface area (Å²) in [5.74, 6) is -1.61. The van der Waals surface area contributed by atoms with Gasteiger partial charge < -0.3 is 25.6 Å². The largest absolute Gasteiger partial charge is 1.00 e. The zero-order chi connectivity index (χ0) is 26.1. The maximum Gasteiger partial charge on any atom is 1.00 e. The van der Waals surface area contributed by atoms with E-state index in [1.165, 1.54) is 0 Å². The Labute approximate surface area is 227 Å². The average Bonchev–Trinajstić information content (AvgIpc) is 2.70. The van der Waals surface area contributed by atoms with Crippen molar-refractivity contribution in [2.24, 2.45) is 11.8 Å². The molecule has 3 atom stereocenters. The van der Waals surface area contributed by atoms with Crippen molar-refractivity contribution in [3.8, 4) is 0 Å². The van der Waals surface area contributed by atoms with Crippen molar-refractivity contribution < 1.29 is 82.3 Å². The molecule has 0 radical (unpaired) electrons. The van der Waals surface area contributed by atoms with Crippen LogP contribution in [-0.2, 0) is 33.7 Å². The van der Waals surface area contributed by atoms with Crippen LogP contribution in [0.5, 0.6) is 0 Å². The first-order valence-corrected chi connectivity index (χ1v) is 14.3. The van der Waals surface area contributed by atoms with Crippen LogP contribution in [0.1, 0.15) is 86.9 Å². The summed E-state index contributed by atoms with van der Waals surface area (Å²) in [5.41, 5.74) is 0. The molecule has 0 amide bonds. The van der Waals surface area contributed by atoms with Gasteiger partial charge in [0.1, 0.15) is 0 Å². The van der Waals surface area contributed by atoms with E-state index in [0.717, 1.165) is 51.4 Å². The molecule has 34 heavy (non-hydrogen) atoms. The third-order valence-corrected chi connectivity index (χ3v) is 6.08. The van der Waals surface area contributed by atoms with Crippen LogP contribution in [0.2, 0.25) is 0 Å². The van der Waals surface area contributed by atoms with Gasteiger partial charge in [-0.1, -0.05) is 66.2 Å². The smallest absolute Gasteiger partial charge is 1.00 e. The molecule has 0 aromatic carbocycles. The SMILES string of the molecule is CCCCC(CC)COC(=O)CC(C(=O)OCC(CC)CCCC)S(=O)(=O)O.O=P(O)(O)O.[H-].[Na+]. The van der Waals surface area contributed by atoms with Crippen molar-refractivity contribution in [2.45, 2.75) is 90.7 Å². The Hall–Kier alpha value is -0.0400. The molecule has 0 rings (SSSR count). The van der Waals surface area contributed by atoms with E-state index in [4.69, 9.17) is 28.7 Å². The second-order valence-electron chi connectivity index (χ2n) is 7.87. The number of hydrogen-bond acceptors (Lipinski definition) is 7. The number of carbonyl (C=O) groups is 2. The number of phosphoric acid groups is 1. The Morgan fingerprint density at radius 1 is 0.882 bits per heavy atom. The van der Waals surface area contributed by atoms with Crippen LogP contribution in [0, 0.1) is 11.8 Å². The quantitative estimate of drug-likeness (QED) is 0.0909. The molecule has 0 spiro atoms. The van der Waals surface area contributed by atoms with Crippen molar-refractivity contribution in [3.05, 3.63) is 0 Å². The van der Waals surface area contributed by atoms with Crippen LogP contribution in [0.25, 0.3) is 0 Å². The van der Waals surface area contributed by atoms with Crippen molar-refractivity contribution >= 4 is 29.9 Å². The van der Waals surface area contributed by atoms with Gasteiger partial charge in [0.25, 0.3) is 10.1 Å². The van der Waals surface area contributed by atoms with E-state index in [9.17, 15) is 22.6 Å². The molecule has 0 aliphatic carbocycles. The van der Waals surface area contributed by atoms with Gasteiger partial charge in [0, 0.05) is 0 Å². The predicted octanol–water partition coefficient (Wildman–Crippen LogP) is 0.340. The second kappa shape index (κ2) is 21.1. The monoisotopic (exact) mass is 544 g/mol. The standard InChI is InChI=1S/C20H38O7S.Na.H3O4P.H/c1-5-9-11-16(7-3)14-26-19(21)13-18(28(23,24)25)20(22)27-15-17(8-4)12-10-6-2;;1-5(2,3)4;/h16-18H,5-15H2,1-4H3,(H,23,24,25);;(H3,1,2,3,4);/q;+1;;-1. The molecule has 0 heterocycles. The zero-order valence-corrected chi connectivity index (χ0v) is 24.7. The molecule has 3 unspecified atom stereocenters. The molecule has 200 valence electrons. The molecule has 11 nitrogen and oxygen atoms in total. The van der Waals surface area contributed by atoms with Gasteiger partial charge in [0.15, 0.2) is 5.25 Å². The molecule has 0 aliphatic heterocycles. The van der Waals surface area contributed by atoms with E-state index >= 15 is 0 Å². The number of hydrogen-bond donors (Lipinski definition) is 4. The van der Waals surface area contributed by atoms with Gasteiger partial charge >= 0.3 is 49.3 Å². The zero-order valence-electron chi connectivity index (χ0n) is 22.0. The Morgan fingerprint density at radius 2 is 1.26 bits per heavy atom. The molecule has 14 heteroatoms. The second-order valence-corrected chi connectivity index (χ2v) is 10.5. The molecule has 0 aromatic rings. The molecule has 4 N–H and O–H groups in total. The first-order valence-electron chi connectivity index (χ1n) is 11.3. The van der Waals surface area contributed by atoms with E-state index in [2.05, 4.69) is 13.8 Å². The Morgan fingerprint density at radius 3 is 1.59 bits per heavy atom. The van der Waals surface area contributed by atoms with Crippen LogP contribution in [-0.4, -0.2) is 58.1 Å². The number of rotatable bonds is 16. The molecule has 0 aliphatic rings. The maximum atomic E-state index is 12.2. The summed E-state index contributed by atoms with van der Waals surface area (Å²) in [7, 11) is -9.40. The van der Waals surface area contributed by atoms with Crippen LogP contribution >= 0.6 is 7.82 Å². The molecule has 0 fully saturated rings. The molecule has 0 aromatic heterocycles. The number of unbranched alkanes of at least 4 members (excludes halogenated alkanes) is 2. The minimum Gasteiger partial charge on any atom is -1.00 e. The van der Waals surface area contributed by atoms with Crippen LogP contribution in [0.15, 0.2) is 0 Å². The van der Waals surface area contributed by atoms with Gasteiger partial charge in [-0.3, -0.25) is 14.1 Å². The molecule has 0 bridgehead atoms.